The number of benzene rings is 2. The molecular weight excluding hydrogens is 409 g/mol. The van der Waals surface area contributed by atoms with Gasteiger partial charge in [0.2, 0.25) is 0 Å². The van der Waals surface area contributed by atoms with Crippen LogP contribution in [0.25, 0.3) is 0 Å². The first-order valence-corrected chi connectivity index (χ1v) is 9.45. The van der Waals surface area contributed by atoms with Crippen molar-refractivity contribution in [3.63, 3.8) is 0 Å². The van der Waals surface area contributed by atoms with Crippen LogP contribution in [-0.2, 0) is 6.18 Å². The molecule has 0 unspecified atom stereocenters. The van der Waals surface area contributed by atoms with Gasteiger partial charge in [0.1, 0.15) is 17.5 Å². The third kappa shape index (κ3) is 6.33. The molecule has 2 amide bonds. The Morgan fingerprint density at radius 1 is 0.903 bits per heavy atom. The lowest BCUT2D eigenvalue weighted by Crippen LogP contribution is -2.19. The van der Waals surface area contributed by atoms with Gasteiger partial charge in [0.25, 0.3) is 0 Å². The van der Waals surface area contributed by atoms with Crippen molar-refractivity contribution in [1.29, 1.82) is 0 Å². The van der Waals surface area contributed by atoms with Crippen LogP contribution in [0.5, 0.6) is 0 Å². The van der Waals surface area contributed by atoms with Gasteiger partial charge in [-0.1, -0.05) is 6.07 Å². The lowest BCUT2D eigenvalue weighted by Gasteiger charge is -2.12. The fraction of sp³-hybridized carbons (Fsp3) is 0.190. The maximum absolute atomic E-state index is 12.8. The zero-order valence-electron chi connectivity index (χ0n) is 16.8. The van der Waals surface area contributed by atoms with E-state index in [1.807, 2.05) is 6.92 Å². The summed E-state index contributed by atoms with van der Waals surface area (Å²) in [4.78, 5) is 20.7. The number of carbonyl (C=O) groups is 1. The van der Waals surface area contributed by atoms with E-state index in [4.69, 9.17) is 0 Å². The summed E-state index contributed by atoms with van der Waals surface area (Å²) in [6, 6.07) is 12.4. The summed E-state index contributed by atoms with van der Waals surface area (Å²) in [6.07, 6.45) is -4.48. The number of halogens is 3. The molecule has 2 aromatic carbocycles. The number of nitrogens with zero attached hydrogens (tertiary/aromatic N) is 2. The van der Waals surface area contributed by atoms with Gasteiger partial charge in [-0.25, -0.2) is 14.8 Å². The Morgan fingerprint density at radius 3 is 2.23 bits per heavy atom. The summed E-state index contributed by atoms with van der Waals surface area (Å²) in [5.74, 6) is 1.94. The van der Waals surface area contributed by atoms with Crippen LogP contribution in [-0.4, -0.2) is 22.5 Å². The summed E-state index contributed by atoms with van der Waals surface area (Å²) < 4.78 is 38.3. The molecule has 0 atom stereocenters. The molecule has 0 saturated heterocycles. The molecule has 3 rings (SSSR count). The minimum absolute atomic E-state index is 0.0428. The molecule has 162 valence electrons. The summed E-state index contributed by atoms with van der Waals surface area (Å²) in [5.41, 5.74) is 0.422. The molecule has 3 aromatic rings. The largest absolute Gasteiger partial charge is 0.416 e. The van der Waals surface area contributed by atoms with Crippen LogP contribution in [0.4, 0.5) is 46.7 Å². The lowest BCUT2D eigenvalue weighted by molar-refractivity contribution is -0.137. The number of urea groups is 1. The van der Waals surface area contributed by atoms with Crippen LogP contribution in [0.15, 0.2) is 54.6 Å². The Kier molecular flexibility index (Phi) is 6.58. The predicted molar refractivity (Wildman–Crippen MR) is 115 cm³/mol. The molecule has 0 spiro atoms. The Hall–Kier alpha value is -3.82. The van der Waals surface area contributed by atoms with Crippen molar-refractivity contribution in [2.45, 2.75) is 20.0 Å². The van der Waals surface area contributed by atoms with E-state index in [1.165, 1.54) is 12.1 Å². The van der Waals surface area contributed by atoms with E-state index in [2.05, 4.69) is 31.2 Å². The molecule has 1 aromatic heterocycles. The summed E-state index contributed by atoms with van der Waals surface area (Å²) in [5, 5.41) is 11.3. The molecule has 0 aliphatic carbocycles. The van der Waals surface area contributed by atoms with E-state index in [9.17, 15) is 18.0 Å². The summed E-state index contributed by atoms with van der Waals surface area (Å²) >= 11 is 0. The number of rotatable bonds is 6. The second-order valence-corrected chi connectivity index (χ2v) is 6.58. The topological polar surface area (TPSA) is 91.0 Å². The molecule has 4 N–H and O–H groups in total. The van der Waals surface area contributed by atoms with Crippen LogP contribution < -0.4 is 21.3 Å². The summed E-state index contributed by atoms with van der Waals surface area (Å²) in [6.45, 7) is 4.50. The fourth-order valence-electron chi connectivity index (χ4n) is 2.75. The molecule has 0 radical (unpaired) electrons. The summed E-state index contributed by atoms with van der Waals surface area (Å²) in [7, 11) is 0. The normalized spacial score (nSPS) is 11.0. The zero-order chi connectivity index (χ0) is 22.4. The van der Waals surface area contributed by atoms with Crippen molar-refractivity contribution >= 4 is 34.7 Å². The first-order valence-electron chi connectivity index (χ1n) is 9.45. The Morgan fingerprint density at radius 2 is 1.55 bits per heavy atom. The third-order valence-corrected chi connectivity index (χ3v) is 4.06. The van der Waals surface area contributed by atoms with E-state index >= 15 is 0 Å². The maximum Gasteiger partial charge on any atom is 0.416 e. The van der Waals surface area contributed by atoms with E-state index in [-0.39, 0.29) is 5.69 Å². The average molecular weight is 430 g/mol. The minimum atomic E-state index is -4.48. The van der Waals surface area contributed by atoms with Crippen molar-refractivity contribution < 1.29 is 18.0 Å². The number of alkyl halides is 3. The Bertz CT molecular complexity index is 1050. The number of aromatic nitrogens is 2. The average Bonchev–Trinajstić information content (AvgIpc) is 2.69. The highest BCUT2D eigenvalue weighted by Crippen LogP contribution is 2.30. The monoisotopic (exact) mass is 430 g/mol. The highest BCUT2D eigenvalue weighted by molar-refractivity contribution is 5.99. The minimum Gasteiger partial charge on any atom is -0.370 e. The predicted octanol–water partition coefficient (Wildman–Crippen LogP) is 5.62. The van der Waals surface area contributed by atoms with Gasteiger partial charge in [0.15, 0.2) is 0 Å². The van der Waals surface area contributed by atoms with E-state index in [0.717, 1.165) is 24.4 Å². The van der Waals surface area contributed by atoms with Gasteiger partial charge < -0.3 is 21.3 Å². The van der Waals surface area contributed by atoms with Gasteiger partial charge in [-0.2, -0.15) is 13.2 Å². The molecule has 7 nitrogen and oxygen atoms in total. The van der Waals surface area contributed by atoms with Crippen molar-refractivity contribution in [2.24, 2.45) is 0 Å². The zero-order valence-corrected chi connectivity index (χ0v) is 16.8. The van der Waals surface area contributed by atoms with Crippen LogP contribution >= 0.6 is 0 Å². The van der Waals surface area contributed by atoms with E-state index < -0.39 is 17.8 Å². The quantitative estimate of drug-likeness (QED) is 0.407. The fourth-order valence-corrected chi connectivity index (χ4v) is 2.75. The van der Waals surface area contributed by atoms with Gasteiger partial charge in [0.05, 0.1) is 5.56 Å². The second-order valence-electron chi connectivity index (χ2n) is 6.58. The second kappa shape index (κ2) is 9.33. The first-order chi connectivity index (χ1) is 14.7. The molecule has 0 fully saturated rings. The smallest absolute Gasteiger partial charge is 0.370 e. The van der Waals surface area contributed by atoms with Crippen LogP contribution in [0.1, 0.15) is 18.3 Å². The lowest BCUT2D eigenvalue weighted by atomic mass is 10.2. The van der Waals surface area contributed by atoms with Crippen molar-refractivity contribution in [2.75, 3.05) is 27.8 Å². The highest BCUT2D eigenvalue weighted by atomic mass is 19.4. The number of nitrogens with one attached hydrogen (secondary N) is 4. The van der Waals surface area contributed by atoms with Crippen LogP contribution in [0.3, 0.4) is 0 Å². The molecule has 0 bridgehead atoms. The van der Waals surface area contributed by atoms with Crippen LogP contribution in [0, 0.1) is 6.92 Å². The van der Waals surface area contributed by atoms with Gasteiger partial charge in [-0.05, 0) is 56.3 Å². The Labute approximate surface area is 177 Å². The van der Waals surface area contributed by atoms with Gasteiger partial charge in [-0.3, -0.25) is 0 Å². The van der Waals surface area contributed by atoms with Crippen molar-refractivity contribution in [3.8, 4) is 0 Å². The number of anilines is 5. The molecule has 0 aliphatic rings. The standard InChI is InChI=1S/C21H21F3N6O/c1-3-25-18-12-19(27-13(2)26-18)28-15-7-9-16(10-8-15)29-20(31)30-17-6-4-5-14(11-17)21(22,23)24/h4-12H,3H2,1-2H3,(H2,29,30,31)(H2,25,26,27,28). The number of carbonyl (C=O) groups excluding carboxylic acids is 1. The first kappa shape index (κ1) is 21.9. The number of amides is 2. The molecule has 0 aliphatic heterocycles. The van der Waals surface area contributed by atoms with Crippen molar-refractivity contribution in [1.82, 2.24) is 9.97 Å². The highest BCUT2D eigenvalue weighted by Gasteiger charge is 2.30. The van der Waals surface area contributed by atoms with Crippen molar-refractivity contribution in [3.05, 3.63) is 66.0 Å². The third-order valence-electron chi connectivity index (χ3n) is 4.06. The van der Waals surface area contributed by atoms with E-state index in [1.54, 1.807) is 37.3 Å². The van der Waals surface area contributed by atoms with Gasteiger partial charge in [0, 0.05) is 29.7 Å². The number of hydrogen-bond donors (Lipinski definition) is 4. The van der Waals surface area contributed by atoms with Crippen LogP contribution in [0.2, 0.25) is 0 Å². The van der Waals surface area contributed by atoms with E-state index in [0.29, 0.717) is 23.1 Å². The molecule has 31 heavy (non-hydrogen) atoms. The molecule has 1 heterocycles. The molecule has 10 heteroatoms. The van der Waals surface area contributed by atoms with Gasteiger partial charge in [-0.15, -0.1) is 0 Å². The number of aryl methyl sites for hydroxylation is 1. The maximum atomic E-state index is 12.8. The molecular formula is C21H21F3N6O. The number of hydrogen-bond acceptors (Lipinski definition) is 5. The SMILES string of the molecule is CCNc1cc(Nc2ccc(NC(=O)Nc3cccc(C(F)(F)F)c3)cc2)nc(C)n1. The Balaban J connectivity index is 1.61. The molecule has 0 saturated carbocycles. The van der Waals surface area contributed by atoms with Gasteiger partial charge >= 0.3 is 12.2 Å².